The molecule has 0 unspecified atom stereocenters. The first-order valence-corrected chi connectivity index (χ1v) is 10.1. The fraction of sp³-hybridized carbons (Fsp3) is 0.0909. The highest BCUT2D eigenvalue weighted by Gasteiger charge is 2.31. The summed E-state index contributed by atoms with van der Waals surface area (Å²) in [5, 5.41) is 18.2. The molecule has 180 valence electrons. The molecule has 0 bridgehead atoms. The quantitative estimate of drug-likeness (QED) is 0.228. The minimum absolute atomic E-state index is 0.0322. The Kier molecular flexibility index (Phi) is 5.32. The third-order valence-corrected chi connectivity index (χ3v) is 5.61. The first-order chi connectivity index (χ1) is 17.2. The third-order valence-electron chi connectivity index (χ3n) is 5.61. The summed E-state index contributed by atoms with van der Waals surface area (Å²) < 4.78 is 72.6. The summed E-state index contributed by atoms with van der Waals surface area (Å²) in [4.78, 5) is 9.69. The predicted octanol–water partition coefficient (Wildman–Crippen LogP) is 3.67. The number of nitrogens with two attached hydrogens (primary N) is 1. The number of benzene rings is 1. The molecular weight excluding hydrogens is 485 g/mol. The molecule has 0 aliphatic heterocycles. The van der Waals surface area contributed by atoms with Gasteiger partial charge in [-0.15, -0.1) is 0 Å². The highest BCUT2D eigenvalue weighted by Crippen LogP contribution is 2.40. The predicted molar refractivity (Wildman–Crippen MR) is 114 cm³/mol. The van der Waals surface area contributed by atoms with Gasteiger partial charge in [-0.25, -0.2) is 23.0 Å². The molecule has 0 saturated carbocycles. The zero-order valence-electron chi connectivity index (χ0n) is 18.1. The number of nitrogens with zero attached hydrogens (tertiary/aromatic N) is 8. The van der Waals surface area contributed by atoms with Crippen LogP contribution in [0.2, 0.25) is 0 Å². The van der Waals surface area contributed by atoms with Crippen molar-refractivity contribution in [2.75, 3.05) is 5.73 Å². The molecule has 5 rings (SSSR count). The van der Waals surface area contributed by atoms with Gasteiger partial charge in [-0.05, 0) is 17.7 Å². The Labute approximate surface area is 198 Å². The number of aromatic nitrogens is 7. The second kappa shape index (κ2) is 8.38. The van der Waals surface area contributed by atoms with E-state index in [0.717, 1.165) is 12.4 Å². The summed E-state index contributed by atoms with van der Waals surface area (Å²) in [7, 11) is 0. The highest BCUT2D eigenvalue weighted by molar-refractivity contribution is 5.93. The highest BCUT2D eigenvalue weighted by atomic mass is 19.2. The lowest BCUT2D eigenvalue weighted by Gasteiger charge is -2.10. The maximum atomic E-state index is 14.7. The monoisotopic (exact) mass is 497 g/mol. The van der Waals surface area contributed by atoms with Crippen LogP contribution in [0.5, 0.6) is 0 Å². The number of nitriles is 1. The van der Waals surface area contributed by atoms with Gasteiger partial charge >= 0.3 is 6.08 Å². The Morgan fingerprint density at radius 1 is 1.03 bits per heavy atom. The Hall–Kier alpha value is -4.93. The minimum atomic E-state index is -1.63. The molecule has 4 heterocycles. The van der Waals surface area contributed by atoms with E-state index in [4.69, 9.17) is 5.73 Å². The van der Waals surface area contributed by atoms with Crippen LogP contribution >= 0.6 is 0 Å². The van der Waals surface area contributed by atoms with Gasteiger partial charge in [-0.3, -0.25) is 0 Å². The van der Waals surface area contributed by atoms with Crippen molar-refractivity contribution in [3.8, 4) is 22.9 Å². The van der Waals surface area contributed by atoms with Crippen LogP contribution in [0.3, 0.4) is 0 Å². The summed E-state index contributed by atoms with van der Waals surface area (Å²) in [5.74, 6) is -5.66. The molecule has 14 heteroatoms. The molecule has 9 nitrogen and oxygen atoms in total. The first kappa shape index (κ1) is 22.8. The van der Waals surface area contributed by atoms with Crippen molar-refractivity contribution in [3.05, 3.63) is 83.3 Å². The lowest BCUT2D eigenvalue weighted by molar-refractivity contribution is 0.443. The van der Waals surface area contributed by atoms with E-state index in [1.54, 1.807) is 6.92 Å². The minimum Gasteiger partial charge on any atom is -0.382 e. The van der Waals surface area contributed by atoms with Crippen LogP contribution in [-0.4, -0.2) is 34.3 Å². The van der Waals surface area contributed by atoms with Crippen LogP contribution in [0.15, 0.2) is 36.9 Å². The van der Waals surface area contributed by atoms with Crippen LogP contribution in [0.25, 0.3) is 22.3 Å². The van der Waals surface area contributed by atoms with Gasteiger partial charge in [0.2, 0.25) is 11.9 Å². The van der Waals surface area contributed by atoms with Gasteiger partial charge in [0.05, 0.1) is 23.0 Å². The maximum absolute atomic E-state index is 14.7. The van der Waals surface area contributed by atoms with Crippen LogP contribution in [0.1, 0.15) is 29.7 Å². The smallest absolute Gasteiger partial charge is 0.313 e. The van der Waals surface area contributed by atoms with Gasteiger partial charge < -0.3 is 5.73 Å². The second-order valence-corrected chi connectivity index (χ2v) is 7.64. The van der Waals surface area contributed by atoms with Gasteiger partial charge in [0.25, 0.3) is 0 Å². The summed E-state index contributed by atoms with van der Waals surface area (Å²) in [5.41, 5.74) is 4.92. The molecule has 1 atom stereocenters. The SMILES string of the molecule is C[C@H](c1cnn(-c2ccc(F)cc2F)c1)c1c(C#N)c(-c2c(F)nc(F)nc2F)c2c(N)ncnn12. The van der Waals surface area contributed by atoms with Crippen molar-refractivity contribution in [2.45, 2.75) is 12.8 Å². The van der Waals surface area contributed by atoms with Crippen LogP contribution in [0.4, 0.5) is 27.8 Å². The zero-order chi connectivity index (χ0) is 25.7. The standard InChI is InChI=1S/C22H12F5N9/c1-9(10-6-31-35(7-10)14-3-2-11(23)4-13(14)24)17-12(5-28)15(18-21(29)30-8-32-36(17)18)16-19(25)33-22(27)34-20(16)26/h2-4,6-9H,1H3,(H2,29,30,32)/t9-/m1/s1. The molecule has 0 fully saturated rings. The normalized spacial score (nSPS) is 12.1. The molecule has 0 aliphatic carbocycles. The average Bonchev–Trinajstić information content (AvgIpc) is 3.42. The molecule has 36 heavy (non-hydrogen) atoms. The molecule has 0 saturated heterocycles. The van der Waals surface area contributed by atoms with Crippen molar-refractivity contribution in [1.29, 1.82) is 5.26 Å². The topological polar surface area (TPSA) is 124 Å². The van der Waals surface area contributed by atoms with E-state index in [1.807, 2.05) is 6.07 Å². The van der Waals surface area contributed by atoms with E-state index in [9.17, 15) is 27.2 Å². The van der Waals surface area contributed by atoms with Crippen LogP contribution in [0, 0.1) is 40.9 Å². The number of nitrogen functional groups attached to an aromatic ring is 1. The average molecular weight is 497 g/mol. The summed E-state index contributed by atoms with van der Waals surface area (Å²) in [6.07, 6.45) is 2.26. The molecular formula is C22H12F5N9. The van der Waals surface area contributed by atoms with Crippen molar-refractivity contribution >= 4 is 11.3 Å². The number of anilines is 1. The zero-order valence-corrected chi connectivity index (χ0v) is 18.1. The van der Waals surface area contributed by atoms with E-state index in [1.165, 1.54) is 27.7 Å². The Morgan fingerprint density at radius 2 is 1.75 bits per heavy atom. The number of hydrogen-bond acceptors (Lipinski definition) is 7. The van der Waals surface area contributed by atoms with Gasteiger partial charge in [0.1, 0.15) is 29.4 Å². The molecule has 4 aromatic heterocycles. The second-order valence-electron chi connectivity index (χ2n) is 7.64. The van der Waals surface area contributed by atoms with E-state index in [0.29, 0.717) is 11.6 Å². The lowest BCUT2D eigenvalue weighted by atomic mass is 9.95. The van der Waals surface area contributed by atoms with Gasteiger partial charge in [0, 0.05) is 23.7 Å². The summed E-state index contributed by atoms with van der Waals surface area (Å²) in [6, 6.07) is 4.87. The third kappa shape index (κ3) is 3.49. The van der Waals surface area contributed by atoms with Crippen molar-refractivity contribution in [3.63, 3.8) is 0 Å². The molecule has 0 amide bonds. The summed E-state index contributed by atoms with van der Waals surface area (Å²) in [6.45, 7) is 1.64. The van der Waals surface area contributed by atoms with Crippen LogP contribution < -0.4 is 5.73 Å². The van der Waals surface area contributed by atoms with Gasteiger partial charge in [-0.1, -0.05) is 6.92 Å². The largest absolute Gasteiger partial charge is 0.382 e. The van der Waals surface area contributed by atoms with Crippen molar-refractivity contribution in [1.82, 2.24) is 34.3 Å². The Morgan fingerprint density at radius 3 is 2.42 bits per heavy atom. The Bertz CT molecular complexity index is 1680. The van der Waals surface area contributed by atoms with E-state index < -0.39 is 41.1 Å². The fourth-order valence-electron chi connectivity index (χ4n) is 4.00. The summed E-state index contributed by atoms with van der Waals surface area (Å²) >= 11 is 0. The van der Waals surface area contributed by atoms with E-state index in [2.05, 4.69) is 25.1 Å². The fourth-order valence-corrected chi connectivity index (χ4v) is 4.00. The Balaban J connectivity index is 1.74. The van der Waals surface area contributed by atoms with E-state index >= 15 is 0 Å². The van der Waals surface area contributed by atoms with Crippen molar-refractivity contribution in [2.24, 2.45) is 0 Å². The van der Waals surface area contributed by atoms with Gasteiger partial charge in [-0.2, -0.15) is 38.6 Å². The first-order valence-electron chi connectivity index (χ1n) is 10.1. The maximum Gasteiger partial charge on any atom is 0.313 e. The number of fused-ring (bicyclic) bond motifs is 1. The van der Waals surface area contributed by atoms with Crippen molar-refractivity contribution < 1.29 is 22.0 Å². The van der Waals surface area contributed by atoms with Gasteiger partial charge in [0.15, 0.2) is 11.6 Å². The molecule has 1 aromatic carbocycles. The van der Waals surface area contributed by atoms with Crippen LogP contribution in [-0.2, 0) is 0 Å². The molecule has 0 spiro atoms. The number of hydrogen-bond donors (Lipinski definition) is 1. The molecule has 5 aromatic rings. The van der Waals surface area contributed by atoms with E-state index in [-0.39, 0.29) is 33.8 Å². The molecule has 0 aliphatic rings. The lowest BCUT2D eigenvalue weighted by Crippen LogP contribution is -2.06. The molecule has 2 N–H and O–H groups in total. The number of halogens is 5. The number of rotatable bonds is 4. The molecule has 0 radical (unpaired) electrons.